The van der Waals surface area contributed by atoms with Gasteiger partial charge in [-0.25, -0.2) is 0 Å². The van der Waals surface area contributed by atoms with Crippen LogP contribution in [-0.2, 0) is 28.6 Å². The van der Waals surface area contributed by atoms with Crippen LogP contribution in [0.1, 0.15) is 271 Å². The number of hydrogen-bond acceptors (Lipinski definition) is 6. The van der Waals surface area contributed by atoms with Gasteiger partial charge in [0.25, 0.3) is 0 Å². The van der Waals surface area contributed by atoms with Crippen LogP contribution >= 0.6 is 0 Å². The fourth-order valence-electron chi connectivity index (χ4n) is 8.20. The molecule has 0 spiro atoms. The van der Waals surface area contributed by atoms with Crippen molar-refractivity contribution < 1.29 is 28.6 Å². The second-order valence-electron chi connectivity index (χ2n) is 19.9. The fourth-order valence-corrected chi connectivity index (χ4v) is 8.20. The number of ether oxygens (including phenoxy) is 3. The molecule has 1 atom stereocenters. The molecule has 74 heavy (non-hydrogen) atoms. The normalized spacial score (nSPS) is 13.0. The molecule has 0 fully saturated rings. The first-order chi connectivity index (χ1) is 36.5. The highest BCUT2D eigenvalue weighted by molar-refractivity contribution is 5.71. The summed E-state index contributed by atoms with van der Waals surface area (Å²) in [6, 6.07) is 0. The Kier molecular flexibility index (Phi) is 57.9. The molecule has 420 valence electrons. The third kappa shape index (κ3) is 58.7. The molecular formula is C68H112O6. The zero-order chi connectivity index (χ0) is 53.6. The summed E-state index contributed by atoms with van der Waals surface area (Å²) in [5.41, 5.74) is 0. The standard InChI is InChI=1S/C68H112O6/c1-4-7-10-13-16-18-20-22-24-26-28-30-32-34-36-38-40-42-44-46-48-50-52-55-58-61-67(70)73-64-65(63-72-66(69)60-57-54-15-12-9-6-3)74-68(71)62-59-56-53-51-49-47-45-43-41-39-37-35-33-31-29-27-25-23-21-19-17-14-11-8-5-2/h7-8,10-11,16-19,22-25,28-31,34,36,40,42,65H,4-6,9,12-15,20-21,26-27,32-33,35,37-39,41,43-64H2,1-3H3/b10-7-,11-8-,18-16-,19-17-,24-22-,25-23-,30-28-,31-29-,36-34-,42-40-. The molecule has 0 amide bonds. The van der Waals surface area contributed by atoms with Crippen molar-refractivity contribution in [2.75, 3.05) is 13.2 Å². The lowest BCUT2D eigenvalue weighted by Crippen LogP contribution is -2.30. The molecule has 0 aliphatic heterocycles. The Bertz CT molecular complexity index is 1550. The fraction of sp³-hybridized carbons (Fsp3) is 0.662. The Balaban J connectivity index is 4.17. The molecule has 0 aliphatic rings. The molecule has 0 aromatic rings. The van der Waals surface area contributed by atoms with Crippen LogP contribution in [0.3, 0.4) is 0 Å². The van der Waals surface area contributed by atoms with Crippen LogP contribution in [0.4, 0.5) is 0 Å². The molecule has 0 aromatic heterocycles. The molecule has 1 unspecified atom stereocenters. The highest BCUT2D eigenvalue weighted by Crippen LogP contribution is 2.15. The van der Waals surface area contributed by atoms with Crippen LogP contribution in [0.15, 0.2) is 122 Å². The van der Waals surface area contributed by atoms with Gasteiger partial charge in [0.15, 0.2) is 6.10 Å². The molecule has 0 rings (SSSR count). The monoisotopic (exact) mass is 1020 g/mol. The second kappa shape index (κ2) is 61.4. The Hall–Kier alpha value is -4.19. The number of carbonyl (C=O) groups excluding carboxylic acids is 3. The van der Waals surface area contributed by atoms with Crippen molar-refractivity contribution in [2.24, 2.45) is 0 Å². The summed E-state index contributed by atoms with van der Waals surface area (Å²) in [7, 11) is 0. The van der Waals surface area contributed by atoms with Gasteiger partial charge < -0.3 is 14.2 Å². The average molecular weight is 1030 g/mol. The van der Waals surface area contributed by atoms with Crippen molar-refractivity contribution >= 4 is 17.9 Å². The summed E-state index contributed by atoms with van der Waals surface area (Å²) in [4.78, 5) is 38.0. The summed E-state index contributed by atoms with van der Waals surface area (Å²) in [6.45, 7) is 6.34. The number of rotatable bonds is 54. The van der Waals surface area contributed by atoms with Gasteiger partial charge >= 0.3 is 17.9 Å². The highest BCUT2D eigenvalue weighted by Gasteiger charge is 2.19. The maximum absolute atomic E-state index is 12.8. The van der Waals surface area contributed by atoms with Gasteiger partial charge in [-0.3, -0.25) is 14.4 Å². The quantitative estimate of drug-likeness (QED) is 0.0261. The zero-order valence-corrected chi connectivity index (χ0v) is 48.1. The number of unbranched alkanes of at least 4 members (excludes halogenated alkanes) is 23. The van der Waals surface area contributed by atoms with Crippen LogP contribution in [-0.4, -0.2) is 37.2 Å². The minimum Gasteiger partial charge on any atom is -0.462 e. The Morgan fingerprint density at radius 1 is 0.284 bits per heavy atom. The largest absolute Gasteiger partial charge is 0.462 e. The van der Waals surface area contributed by atoms with Crippen molar-refractivity contribution in [3.63, 3.8) is 0 Å². The van der Waals surface area contributed by atoms with E-state index in [1.165, 1.54) is 96.3 Å². The second-order valence-corrected chi connectivity index (χ2v) is 19.9. The maximum Gasteiger partial charge on any atom is 0.306 e. The van der Waals surface area contributed by atoms with Crippen molar-refractivity contribution in [3.05, 3.63) is 122 Å². The summed E-state index contributed by atoms with van der Waals surface area (Å²) in [5.74, 6) is -0.911. The van der Waals surface area contributed by atoms with Crippen molar-refractivity contribution in [3.8, 4) is 0 Å². The van der Waals surface area contributed by atoms with Crippen molar-refractivity contribution in [1.29, 1.82) is 0 Å². The van der Waals surface area contributed by atoms with E-state index >= 15 is 0 Å². The summed E-state index contributed by atoms with van der Waals surface area (Å²) < 4.78 is 16.8. The van der Waals surface area contributed by atoms with E-state index in [-0.39, 0.29) is 31.1 Å². The highest BCUT2D eigenvalue weighted by atomic mass is 16.6. The van der Waals surface area contributed by atoms with Crippen molar-refractivity contribution in [1.82, 2.24) is 0 Å². The molecule has 6 heteroatoms. The van der Waals surface area contributed by atoms with E-state index in [0.29, 0.717) is 19.3 Å². The van der Waals surface area contributed by atoms with Gasteiger partial charge in [-0.2, -0.15) is 0 Å². The van der Waals surface area contributed by atoms with E-state index in [9.17, 15) is 14.4 Å². The smallest absolute Gasteiger partial charge is 0.306 e. The number of hydrogen-bond donors (Lipinski definition) is 0. The summed E-state index contributed by atoms with van der Waals surface area (Å²) in [6.07, 6.45) is 85.1. The maximum atomic E-state index is 12.8. The SMILES string of the molecule is CC/C=C\C/C=C\C/C=C\C/C=C\C/C=C\C/C=C\CCCCCCCCC(=O)OCC(COC(=O)CCCCCCCC)OC(=O)CCCCCCCCCCCCCC/C=C\C/C=C\C/C=C\C/C=C\CC. The van der Waals surface area contributed by atoms with E-state index in [0.717, 1.165) is 135 Å². The molecule has 0 bridgehead atoms. The van der Waals surface area contributed by atoms with Crippen LogP contribution in [0.2, 0.25) is 0 Å². The average Bonchev–Trinajstić information content (AvgIpc) is 3.40. The van der Waals surface area contributed by atoms with E-state index in [2.05, 4.69) is 142 Å². The minimum atomic E-state index is -0.786. The Labute approximate surface area is 456 Å². The van der Waals surface area contributed by atoms with E-state index < -0.39 is 6.10 Å². The molecule has 0 saturated carbocycles. The lowest BCUT2D eigenvalue weighted by Gasteiger charge is -2.18. The van der Waals surface area contributed by atoms with Crippen LogP contribution in [0.5, 0.6) is 0 Å². The molecule has 0 heterocycles. The Morgan fingerprint density at radius 3 is 0.824 bits per heavy atom. The van der Waals surface area contributed by atoms with Gasteiger partial charge in [0.2, 0.25) is 0 Å². The van der Waals surface area contributed by atoms with Crippen LogP contribution < -0.4 is 0 Å². The van der Waals surface area contributed by atoms with Gasteiger partial charge in [0, 0.05) is 19.3 Å². The van der Waals surface area contributed by atoms with E-state index in [1.807, 2.05) is 0 Å². The van der Waals surface area contributed by atoms with E-state index in [1.54, 1.807) is 0 Å². The van der Waals surface area contributed by atoms with Crippen molar-refractivity contribution in [2.45, 2.75) is 277 Å². The summed E-state index contributed by atoms with van der Waals surface area (Å²) in [5, 5.41) is 0. The first-order valence-corrected chi connectivity index (χ1v) is 30.5. The number of carbonyl (C=O) groups is 3. The molecule has 0 radical (unpaired) electrons. The number of esters is 3. The lowest BCUT2D eigenvalue weighted by molar-refractivity contribution is -0.167. The van der Waals surface area contributed by atoms with Gasteiger partial charge in [-0.15, -0.1) is 0 Å². The third-order valence-electron chi connectivity index (χ3n) is 12.7. The summed E-state index contributed by atoms with van der Waals surface area (Å²) >= 11 is 0. The predicted molar refractivity (Wildman–Crippen MR) is 320 cm³/mol. The molecule has 0 saturated heterocycles. The van der Waals surface area contributed by atoms with Gasteiger partial charge in [-0.05, 0) is 109 Å². The number of allylic oxidation sites excluding steroid dienone is 20. The molecule has 6 nitrogen and oxygen atoms in total. The topological polar surface area (TPSA) is 78.9 Å². The zero-order valence-electron chi connectivity index (χ0n) is 48.1. The lowest BCUT2D eigenvalue weighted by atomic mass is 10.0. The third-order valence-corrected chi connectivity index (χ3v) is 12.7. The molecule has 0 aromatic carbocycles. The van der Waals surface area contributed by atoms with Crippen LogP contribution in [0, 0.1) is 0 Å². The van der Waals surface area contributed by atoms with E-state index in [4.69, 9.17) is 14.2 Å². The van der Waals surface area contributed by atoms with Gasteiger partial charge in [-0.1, -0.05) is 264 Å². The predicted octanol–water partition coefficient (Wildman–Crippen LogP) is 20.8. The molecular weight excluding hydrogens is 913 g/mol. The molecule has 0 aliphatic carbocycles. The van der Waals surface area contributed by atoms with Gasteiger partial charge in [0.05, 0.1) is 0 Å². The molecule has 0 N–H and O–H groups in total. The first-order valence-electron chi connectivity index (χ1n) is 30.5. The van der Waals surface area contributed by atoms with Gasteiger partial charge in [0.1, 0.15) is 13.2 Å². The Morgan fingerprint density at radius 2 is 0.527 bits per heavy atom. The van der Waals surface area contributed by atoms with Crippen LogP contribution in [0.25, 0.3) is 0 Å². The first kappa shape index (κ1) is 69.8. The minimum absolute atomic E-state index is 0.0850.